The van der Waals surface area contributed by atoms with E-state index in [0.717, 1.165) is 51.9 Å². The van der Waals surface area contributed by atoms with Crippen LogP contribution in [-0.4, -0.2) is 60.8 Å². The Morgan fingerprint density at radius 1 is 1.28 bits per heavy atom. The number of hydrogen-bond acceptors (Lipinski definition) is 4. The van der Waals surface area contributed by atoms with Crippen LogP contribution in [0.4, 0.5) is 4.79 Å². The van der Waals surface area contributed by atoms with Gasteiger partial charge in [-0.3, -0.25) is 4.90 Å². The van der Waals surface area contributed by atoms with Gasteiger partial charge in [0.1, 0.15) is 0 Å². The van der Waals surface area contributed by atoms with Crippen molar-refractivity contribution in [3.8, 4) is 0 Å². The second kappa shape index (κ2) is 6.38. The zero-order chi connectivity index (χ0) is 13.0. The van der Waals surface area contributed by atoms with E-state index in [-0.39, 0.29) is 6.09 Å². The minimum Gasteiger partial charge on any atom is -0.449 e. The van der Waals surface area contributed by atoms with Gasteiger partial charge in [0, 0.05) is 25.2 Å². The van der Waals surface area contributed by atoms with E-state index in [4.69, 9.17) is 10.5 Å². The number of piperidine rings is 1. The first-order valence-electron chi connectivity index (χ1n) is 7.12. The zero-order valence-corrected chi connectivity index (χ0v) is 11.3. The van der Waals surface area contributed by atoms with Crippen molar-refractivity contribution >= 4 is 6.09 Å². The highest BCUT2D eigenvalue weighted by molar-refractivity contribution is 5.68. The van der Waals surface area contributed by atoms with Crippen molar-refractivity contribution < 1.29 is 9.53 Å². The van der Waals surface area contributed by atoms with E-state index in [1.165, 1.54) is 0 Å². The number of likely N-dealkylation sites (tertiary alicyclic amines) is 2. The van der Waals surface area contributed by atoms with Gasteiger partial charge in [-0.1, -0.05) is 6.92 Å². The Bertz CT molecular complexity index is 277. The molecule has 2 fully saturated rings. The van der Waals surface area contributed by atoms with Crippen LogP contribution in [0.3, 0.4) is 0 Å². The van der Waals surface area contributed by atoms with Crippen molar-refractivity contribution in [1.82, 2.24) is 9.80 Å². The normalized spacial score (nSPS) is 26.6. The molecule has 0 aliphatic carbocycles. The van der Waals surface area contributed by atoms with Crippen LogP contribution in [0.5, 0.6) is 0 Å². The molecule has 2 heterocycles. The van der Waals surface area contributed by atoms with Gasteiger partial charge in [0.05, 0.1) is 6.61 Å². The van der Waals surface area contributed by atoms with Crippen LogP contribution < -0.4 is 5.73 Å². The topological polar surface area (TPSA) is 58.8 Å². The highest BCUT2D eigenvalue weighted by Crippen LogP contribution is 2.20. The van der Waals surface area contributed by atoms with Gasteiger partial charge in [0.15, 0.2) is 0 Å². The number of hydrogen-bond donors (Lipinski definition) is 1. The van der Waals surface area contributed by atoms with Crippen LogP contribution in [0, 0.1) is 0 Å². The second-order valence-corrected chi connectivity index (χ2v) is 5.38. The molecule has 0 saturated carbocycles. The number of carbonyl (C=O) groups excluding carboxylic acids is 1. The molecule has 0 aromatic carbocycles. The van der Waals surface area contributed by atoms with E-state index in [9.17, 15) is 4.79 Å². The van der Waals surface area contributed by atoms with Crippen molar-refractivity contribution in [3.63, 3.8) is 0 Å². The van der Waals surface area contributed by atoms with Crippen LogP contribution in [0.25, 0.3) is 0 Å². The zero-order valence-electron chi connectivity index (χ0n) is 11.3. The SMILES string of the molecule is CCCOC(=O)N1CCC(N2CCC(N)CC2)C1. The highest BCUT2D eigenvalue weighted by Gasteiger charge is 2.32. The maximum absolute atomic E-state index is 11.7. The molecule has 2 aliphatic rings. The number of ether oxygens (including phenoxy) is 1. The number of rotatable bonds is 3. The third-order valence-corrected chi connectivity index (χ3v) is 3.94. The lowest BCUT2D eigenvalue weighted by Crippen LogP contribution is -2.46. The van der Waals surface area contributed by atoms with Crippen LogP contribution in [0.2, 0.25) is 0 Å². The Morgan fingerprint density at radius 3 is 2.67 bits per heavy atom. The average Bonchev–Trinajstić information content (AvgIpc) is 2.86. The third-order valence-electron chi connectivity index (χ3n) is 3.94. The first-order valence-corrected chi connectivity index (χ1v) is 7.12. The van der Waals surface area contributed by atoms with E-state index < -0.39 is 0 Å². The molecular weight excluding hydrogens is 230 g/mol. The molecule has 2 saturated heterocycles. The molecule has 0 aromatic heterocycles. The summed E-state index contributed by atoms with van der Waals surface area (Å²) in [5.41, 5.74) is 5.91. The third kappa shape index (κ3) is 3.36. The first-order chi connectivity index (χ1) is 8.70. The highest BCUT2D eigenvalue weighted by atomic mass is 16.6. The number of carbonyl (C=O) groups is 1. The van der Waals surface area contributed by atoms with Gasteiger partial charge in [-0.05, 0) is 38.8 Å². The van der Waals surface area contributed by atoms with Gasteiger partial charge < -0.3 is 15.4 Å². The molecule has 0 aromatic rings. The largest absolute Gasteiger partial charge is 0.449 e. The maximum atomic E-state index is 11.7. The summed E-state index contributed by atoms with van der Waals surface area (Å²) in [6.07, 6.45) is 3.96. The van der Waals surface area contributed by atoms with E-state index in [2.05, 4.69) is 4.90 Å². The molecule has 1 atom stereocenters. The van der Waals surface area contributed by atoms with Gasteiger partial charge >= 0.3 is 6.09 Å². The average molecular weight is 255 g/mol. The summed E-state index contributed by atoms with van der Waals surface area (Å²) in [5.74, 6) is 0. The molecule has 0 bridgehead atoms. The molecular formula is C13H25N3O2. The smallest absolute Gasteiger partial charge is 0.409 e. The van der Waals surface area contributed by atoms with E-state index in [1.807, 2.05) is 11.8 Å². The van der Waals surface area contributed by atoms with Crippen LogP contribution in [-0.2, 0) is 4.74 Å². The molecule has 1 amide bonds. The van der Waals surface area contributed by atoms with Gasteiger partial charge in [-0.15, -0.1) is 0 Å². The Kier molecular flexibility index (Phi) is 4.83. The van der Waals surface area contributed by atoms with Crippen molar-refractivity contribution in [2.45, 2.75) is 44.7 Å². The summed E-state index contributed by atoms with van der Waals surface area (Å²) in [7, 11) is 0. The number of nitrogens with zero attached hydrogens (tertiary/aromatic N) is 2. The minimum absolute atomic E-state index is 0.145. The van der Waals surface area contributed by atoms with Crippen LogP contribution in [0.15, 0.2) is 0 Å². The second-order valence-electron chi connectivity index (χ2n) is 5.38. The van der Waals surface area contributed by atoms with E-state index in [0.29, 0.717) is 18.7 Å². The summed E-state index contributed by atoms with van der Waals surface area (Å²) in [6.45, 7) is 6.33. The van der Waals surface area contributed by atoms with Crippen LogP contribution in [0.1, 0.15) is 32.6 Å². The maximum Gasteiger partial charge on any atom is 0.409 e. The molecule has 0 radical (unpaired) electrons. The van der Waals surface area contributed by atoms with Crippen LogP contribution >= 0.6 is 0 Å². The summed E-state index contributed by atoms with van der Waals surface area (Å²) >= 11 is 0. The Labute approximate surface area is 109 Å². The van der Waals surface area contributed by atoms with Crippen molar-refractivity contribution in [2.75, 3.05) is 32.8 Å². The molecule has 18 heavy (non-hydrogen) atoms. The fourth-order valence-corrected chi connectivity index (χ4v) is 2.77. The Morgan fingerprint density at radius 2 is 2.00 bits per heavy atom. The van der Waals surface area contributed by atoms with Gasteiger partial charge in [0.2, 0.25) is 0 Å². The monoisotopic (exact) mass is 255 g/mol. The number of nitrogens with two attached hydrogens (primary N) is 1. The molecule has 2 N–H and O–H groups in total. The predicted octanol–water partition coefficient (Wildman–Crippen LogP) is 1.03. The van der Waals surface area contributed by atoms with Crippen molar-refractivity contribution in [3.05, 3.63) is 0 Å². The molecule has 104 valence electrons. The molecule has 2 rings (SSSR count). The molecule has 5 nitrogen and oxygen atoms in total. The Balaban J connectivity index is 1.76. The van der Waals surface area contributed by atoms with Gasteiger partial charge in [-0.25, -0.2) is 4.79 Å². The van der Waals surface area contributed by atoms with Crippen molar-refractivity contribution in [2.24, 2.45) is 5.73 Å². The molecule has 5 heteroatoms. The van der Waals surface area contributed by atoms with Crippen molar-refractivity contribution in [1.29, 1.82) is 0 Å². The van der Waals surface area contributed by atoms with E-state index >= 15 is 0 Å². The quantitative estimate of drug-likeness (QED) is 0.818. The lowest BCUT2D eigenvalue weighted by molar-refractivity contribution is 0.103. The van der Waals surface area contributed by atoms with Gasteiger partial charge in [-0.2, -0.15) is 0 Å². The summed E-state index contributed by atoms with van der Waals surface area (Å²) in [5, 5.41) is 0. The summed E-state index contributed by atoms with van der Waals surface area (Å²) < 4.78 is 5.18. The molecule has 1 unspecified atom stereocenters. The number of amides is 1. The summed E-state index contributed by atoms with van der Waals surface area (Å²) in [6, 6.07) is 0.875. The van der Waals surface area contributed by atoms with E-state index in [1.54, 1.807) is 0 Å². The lowest BCUT2D eigenvalue weighted by Gasteiger charge is -2.34. The first kappa shape index (κ1) is 13.6. The Hall–Kier alpha value is -0.810. The standard InChI is InChI=1S/C13H25N3O2/c1-2-9-18-13(17)16-8-5-12(10-16)15-6-3-11(14)4-7-15/h11-12H,2-10,14H2,1H3. The summed E-state index contributed by atoms with van der Waals surface area (Å²) in [4.78, 5) is 16.1. The lowest BCUT2D eigenvalue weighted by atomic mass is 10.0. The molecule has 2 aliphatic heterocycles. The minimum atomic E-state index is -0.145. The molecule has 0 spiro atoms. The predicted molar refractivity (Wildman–Crippen MR) is 70.4 cm³/mol. The fourth-order valence-electron chi connectivity index (χ4n) is 2.77. The fraction of sp³-hybridized carbons (Fsp3) is 0.923. The van der Waals surface area contributed by atoms with Gasteiger partial charge in [0.25, 0.3) is 0 Å².